The summed E-state index contributed by atoms with van der Waals surface area (Å²) < 4.78 is 11.6. The SMILES string of the molecule is CCN(CC)C(=O)S(=O)CC1CCC1. The first-order valence-corrected chi connectivity index (χ1v) is 6.68. The summed E-state index contributed by atoms with van der Waals surface area (Å²) >= 11 is 0. The van der Waals surface area contributed by atoms with Crippen LogP contribution in [0.15, 0.2) is 0 Å². The van der Waals surface area contributed by atoms with Gasteiger partial charge in [0, 0.05) is 18.8 Å². The van der Waals surface area contributed by atoms with E-state index in [0.717, 1.165) is 12.8 Å². The van der Waals surface area contributed by atoms with Gasteiger partial charge in [-0.3, -0.25) is 4.79 Å². The van der Waals surface area contributed by atoms with Gasteiger partial charge < -0.3 is 4.90 Å². The summed E-state index contributed by atoms with van der Waals surface area (Å²) in [7, 11) is -1.29. The van der Waals surface area contributed by atoms with Crippen molar-refractivity contribution >= 4 is 16.0 Å². The largest absolute Gasteiger partial charge is 0.332 e. The van der Waals surface area contributed by atoms with Gasteiger partial charge in [-0.1, -0.05) is 6.42 Å². The highest BCUT2D eigenvalue weighted by atomic mass is 32.2. The molecule has 3 nitrogen and oxygen atoms in total. The molecule has 14 heavy (non-hydrogen) atoms. The highest BCUT2D eigenvalue weighted by Crippen LogP contribution is 2.27. The minimum Gasteiger partial charge on any atom is -0.332 e. The zero-order chi connectivity index (χ0) is 10.6. The Labute approximate surface area is 88.3 Å². The van der Waals surface area contributed by atoms with Gasteiger partial charge >= 0.3 is 5.24 Å². The van der Waals surface area contributed by atoms with Crippen LogP contribution < -0.4 is 0 Å². The fourth-order valence-corrected chi connectivity index (χ4v) is 3.02. The lowest BCUT2D eigenvalue weighted by Crippen LogP contribution is -2.35. The molecule has 0 spiro atoms. The monoisotopic (exact) mass is 217 g/mol. The summed E-state index contributed by atoms with van der Waals surface area (Å²) in [5, 5.41) is -0.179. The van der Waals surface area contributed by atoms with E-state index in [4.69, 9.17) is 0 Å². The fraction of sp³-hybridized carbons (Fsp3) is 0.900. The van der Waals surface area contributed by atoms with E-state index in [2.05, 4.69) is 0 Å². The Morgan fingerprint density at radius 3 is 2.29 bits per heavy atom. The third-order valence-corrected chi connectivity index (χ3v) is 4.25. The summed E-state index contributed by atoms with van der Waals surface area (Å²) in [6.45, 7) is 5.15. The van der Waals surface area contributed by atoms with Gasteiger partial charge in [0.25, 0.3) is 0 Å². The van der Waals surface area contributed by atoms with Crippen LogP contribution in [-0.2, 0) is 10.8 Å². The van der Waals surface area contributed by atoms with Crippen LogP contribution >= 0.6 is 0 Å². The summed E-state index contributed by atoms with van der Waals surface area (Å²) in [4.78, 5) is 13.3. The molecule has 1 atom stereocenters. The molecule has 0 saturated heterocycles. The van der Waals surface area contributed by atoms with Crippen LogP contribution in [-0.4, -0.2) is 33.2 Å². The molecule has 1 unspecified atom stereocenters. The molecular formula is C10H19NO2S. The summed E-state index contributed by atoms with van der Waals surface area (Å²) in [6, 6.07) is 0. The first kappa shape index (κ1) is 11.7. The first-order chi connectivity index (χ1) is 6.69. The molecule has 0 N–H and O–H groups in total. The normalized spacial score (nSPS) is 18.7. The second-order valence-electron chi connectivity index (χ2n) is 3.75. The average molecular weight is 217 g/mol. The Morgan fingerprint density at radius 2 is 1.93 bits per heavy atom. The first-order valence-electron chi connectivity index (χ1n) is 5.36. The number of nitrogens with zero attached hydrogens (tertiary/aromatic N) is 1. The Bertz CT molecular complexity index is 222. The quantitative estimate of drug-likeness (QED) is 0.722. The minimum atomic E-state index is -1.29. The maximum Gasteiger partial charge on any atom is 0.311 e. The van der Waals surface area contributed by atoms with Crippen LogP contribution in [0.5, 0.6) is 0 Å². The van der Waals surface area contributed by atoms with Crippen molar-refractivity contribution in [2.75, 3.05) is 18.8 Å². The van der Waals surface area contributed by atoms with Crippen molar-refractivity contribution in [2.24, 2.45) is 5.92 Å². The minimum absolute atomic E-state index is 0.179. The van der Waals surface area contributed by atoms with Crippen LogP contribution in [0.1, 0.15) is 33.1 Å². The lowest BCUT2D eigenvalue weighted by molar-refractivity contribution is 0.227. The number of amides is 1. The molecule has 0 aromatic heterocycles. The van der Waals surface area contributed by atoms with E-state index in [1.165, 1.54) is 6.42 Å². The molecule has 1 fully saturated rings. The topological polar surface area (TPSA) is 37.4 Å². The van der Waals surface area contributed by atoms with Crippen molar-refractivity contribution < 1.29 is 9.00 Å². The molecule has 1 saturated carbocycles. The lowest BCUT2D eigenvalue weighted by Gasteiger charge is -2.25. The van der Waals surface area contributed by atoms with E-state index >= 15 is 0 Å². The van der Waals surface area contributed by atoms with E-state index < -0.39 is 10.8 Å². The third kappa shape index (κ3) is 2.80. The van der Waals surface area contributed by atoms with Gasteiger partial charge in [-0.25, -0.2) is 4.21 Å². The van der Waals surface area contributed by atoms with Crippen LogP contribution in [0.2, 0.25) is 0 Å². The standard InChI is InChI=1S/C10H19NO2S/c1-3-11(4-2)10(12)14(13)8-9-6-5-7-9/h9H,3-8H2,1-2H3. The van der Waals surface area contributed by atoms with Crippen LogP contribution in [0.25, 0.3) is 0 Å². The molecule has 0 heterocycles. The summed E-state index contributed by atoms with van der Waals surface area (Å²) in [5.74, 6) is 1.12. The molecule has 1 aliphatic rings. The van der Waals surface area contributed by atoms with Crippen LogP contribution in [0.4, 0.5) is 4.79 Å². The van der Waals surface area contributed by atoms with E-state index in [9.17, 15) is 9.00 Å². The van der Waals surface area contributed by atoms with Gasteiger partial charge in [0.2, 0.25) is 0 Å². The summed E-state index contributed by atoms with van der Waals surface area (Å²) in [5.41, 5.74) is 0. The number of hydrogen-bond donors (Lipinski definition) is 0. The zero-order valence-corrected chi connectivity index (χ0v) is 9.81. The van der Waals surface area contributed by atoms with Crippen molar-refractivity contribution in [3.05, 3.63) is 0 Å². The van der Waals surface area contributed by atoms with Crippen molar-refractivity contribution in [1.29, 1.82) is 0 Å². The molecule has 0 radical (unpaired) electrons. The molecule has 0 bridgehead atoms. The maximum absolute atomic E-state index is 11.6. The number of carbonyl (C=O) groups is 1. The van der Waals surface area contributed by atoms with Gasteiger partial charge in [-0.15, -0.1) is 0 Å². The number of hydrogen-bond acceptors (Lipinski definition) is 2. The highest BCUT2D eigenvalue weighted by Gasteiger charge is 2.25. The maximum atomic E-state index is 11.6. The van der Waals surface area contributed by atoms with Gasteiger partial charge in [-0.05, 0) is 32.6 Å². The Balaban J connectivity index is 2.37. The van der Waals surface area contributed by atoms with Gasteiger partial charge in [0.15, 0.2) is 0 Å². The predicted octanol–water partition coefficient (Wildman–Crippen LogP) is 2.00. The Hall–Kier alpha value is -0.380. The molecule has 1 aliphatic carbocycles. The molecule has 1 amide bonds. The van der Waals surface area contributed by atoms with E-state index in [1.54, 1.807) is 4.90 Å². The predicted molar refractivity (Wildman–Crippen MR) is 58.7 cm³/mol. The smallest absolute Gasteiger partial charge is 0.311 e. The molecule has 0 aromatic carbocycles. The Morgan fingerprint density at radius 1 is 1.36 bits per heavy atom. The van der Waals surface area contributed by atoms with Crippen molar-refractivity contribution in [3.63, 3.8) is 0 Å². The fourth-order valence-electron chi connectivity index (χ4n) is 1.57. The van der Waals surface area contributed by atoms with Gasteiger partial charge in [0.05, 0.1) is 0 Å². The van der Waals surface area contributed by atoms with E-state index in [1.807, 2.05) is 13.8 Å². The van der Waals surface area contributed by atoms with Crippen LogP contribution in [0, 0.1) is 5.92 Å². The molecule has 0 aliphatic heterocycles. The van der Waals surface area contributed by atoms with Crippen molar-refractivity contribution in [2.45, 2.75) is 33.1 Å². The molecule has 4 heteroatoms. The van der Waals surface area contributed by atoms with Crippen LogP contribution in [0.3, 0.4) is 0 Å². The lowest BCUT2D eigenvalue weighted by atomic mass is 9.87. The summed E-state index contributed by atoms with van der Waals surface area (Å²) in [6.07, 6.45) is 3.54. The average Bonchev–Trinajstić information content (AvgIpc) is 2.12. The molecule has 0 aromatic rings. The highest BCUT2D eigenvalue weighted by molar-refractivity contribution is 8.00. The molecular weight excluding hydrogens is 198 g/mol. The van der Waals surface area contributed by atoms with E-state index in [-0.39, 0.29) is 5.24 Å². The second kappa shape index (κ2) is 5.49. The third-order valence-electron chi connectivity index (χ3n) is 2.83. The van der Waals surface area contributed by atoms with Gasteiger partial charge in [-0.2, -0.15) is 0 Å². The van der Waals surface area contributed by atoms with Crippen molar-refractivity contribution in [3.8, 4) is 0 Å². The second-order valence-corrected chi connectivity index (χ2v) is 5.12. The van der Waals surface area contributed by atoms with Crippen molar-refractivity contribution in [1.82, 2.24) is 4.90 Å². The van der Waals surface area contributed by atoms with E-state index in [0.29, 0.717) is 24.8 Å². The number of carbonyl (C=O) groups excluding carboxylic acids is 1. The number of rotatable bonds is 4. The molecule has 82 valence electrons. The zero-order valence-electron chi connectivity index (χ0n) is 8.99. The molecule has 1 rings (SSSR count). The van der Waals surface area contributed by atoms with Gasteiger partial charge in [0.1, 0.15) is 10.8 Å². The Kier molecular flexibility index (Phi) is 4.58.